The molecule has 0 bridgehead atoms. The van der Waals surface area contributed by atoms with Crippen LogP contribution in [-0.4, -0.2) is 17.4 Å². The Bertz CT molecular complexity index is 409. The lowest BCUT2D eigenvalue weighted by Crippen LogP contribution is -2.29. The van der Waals surface area contributed by atoms with Gasteiger partial charge in [-0.1, -0.05) is 26.7 Å². The number of amides is 1. The highest BCUT2D eigenvalue weighted by Crippen LogP contribution is 2.24. The molecule has 1 aromatic rings. The first kappa shape index (κ1) is 13.1. The molecule has 1 fully saturated rings. The molecule has 0 aromatic carbocycles. The van der Waals surface area contributed by atoms with Crippen molar-refractivity contribution >= 4 is 5.91 Å². The van der Waals surface area contributed by atoms with E-state index in [0.29, 0.717) is 11.8 Å². The largest absolute Gasteiger partial charge is 0.352 e. The minimum absolute atomic E-state index is 0.0266. The number of aromatic nitrogens is 1. The average molecular weight is 246 g/mol. The van der Waals surface area contributed by atoms with Crippen LogP contribution >= 0.6 is 0 Å². The summed E-state index contributed by atoms with van der Waals surface area (Å²) < 4.78 is 0. The minimum atomic E-state index is 0.0266. The Morgan fingerprint density at radius 1 is 1.44 bits per heavy atom. The van der Waals surface area contributed by atoms with Crippen molar-refractivity contribution in [2.75, 3.05) is 6.54 Å². The van der Waals surface area contributed by atoms with E-state index in [2.05, 4.69) is 24.1 Å². The Kier molecular flexibility index (Phi) is 4.34. The van der Waals surface area contributed by atoms with E-state index in [1.807, 2.05) is 6.07 Å². The number of carbonyl (C=O) groups excluding carboxylic acids is 1. The van der Waals surface area contributed by atoms with Gasteiger partial charge in [0.2, 0.25) is 0 Å². The second-order valence-electron chi connectivity index (χ2n) is 5.48. The van der Waals surface area contributed by atoms with Gasteiger partial charge in [-0.15, -0.1) is 0 Å². The molecule has 1 amide bonds. The molecule has 0 aliphatic heterocycles. The monoisotopic (exact) mass is 246 g/mol. The van der Waals surface area contributed by atoms with Gasteiger partial charge in [0.1, 0.15) is 0 Å². The van der Waals surface area contributed by atoms with Crippen molar-refractivity contribution in [3.63, 3.8) is 0 Å². The fourth-order valence-electron chi connectivity index (χ4n) is 2.65. The molecule has 3 nitrogen and oxygen atoms in total. The van der Waals surface area contributed by atoms with Crippen LogP contribution in [0.15, 0.2) is 18.5 Å². The van der Waals surface area contributed by atoms with Crippen molar-refractivity contribution in [3.05, 3.63) is 29.6 Å². The summed E-state index contributed by atoms with van der Waals surface area (Å²) in [5.41, 5.74) is 1.81. The van der Waals surface area contributed by atoms with Crippen molar-refractivity contribution in [1.82, 2.24) is 10.3 Å². The summed E-state index contributed by atoms with van der Waals surface area (Å²) in [6.07, 6.45) is 8.56. The third kappa shape index (κ3) is 3.09. The molecule has 1 heterocycles. The maximum atomic E-state index is 12.2. The molecule has 0 saturated heterocycles. The van der Waals surface area contributed by atoms with Gasteiger partial charge in [-0.05, 0) is 36.3 Å². The summed E-state index contributed by atoms with van der Waals surface area (Å²) in [5, 5.41) is 3.06. The molecule has 3 heteroatoms. The molecule has 0 spiro atoms. The van der Waals surface area contributed by atoms with Crippen LogP contribution in [0, 0.1) is 5.92 Å². The standard InChI is InChI=1S/C15H22N2O/c1-11(2)13-7-8-16-10-14(13)15(18)17-9-12-5-3-4-6-12/h7-8,10-12H,3-6,9H2,1-2H3,(H,17,18). The predicted octanol–water partition coefficient (Wildman–Crippen LogP) is 3.13. The Morgan fingerprint density at radius 2 is 2.17 bits per heavy atom. The van der Waals surface area contributed by atoms with E-state index in [1.54, 1.807) is 12.4 Å². The molecular weight excluding hydrogens is 224 g/mol. The minimum Gasteiger partial charge on any atom is -0.352 e. The molecule has 18 heavy (non-hydrogen) atoms. The van der Waals surface area contributed by atoms with E-state index in [4.69, 9.17) is 0 Å². The van der Waals surface area contributed by atoms with Crippen LogP contribution in [0.25, 0.3) is 0 Å². The lowest BCUT2D eigenvalue weighted by molar-refractivity contribution is 0.0945. The summed E-state index contributed by atoms with van der Waals surface area (Å²) in [6, 6.07) is 1.94. The molecule has 0 unspecified atom stereocenters. The Labute approximate surface area is 109 Å². The van der Waals surface area contributed by atoms with Crippen molar-refractivity contribution < 1.29 is 4.79 Å². The Morgan fingerprint density at radius 3 is 2.83 bits per heavy atom. The van der Waals surface area contributed by atoms with Crippen molar-refractivity contribution in [1.29, 1.82) is 0 Å². The predicted molar refractivity (Wildman–Crippen MR) is 72.6 cm³/mol. The van der Waals surface area contributed by atoms with Gasteiger partial charge in [-0.2, -0.15) is 0 Å². The molecule has 0 radical (unpaired) electrons. The zero-order valence-electron chi connectivity index (χ0n) is 11.3. The number of hydrogen-bond acceptors (Lipinski definition) is 2. The first-order valence-electron chi connectivity index (χ1n) is 6.90. The van der Waals surface area contributed by atoms with Gasteiger partial charge in [-0.25, -0.2) is 0 Å². The second kappa shape index (κ2) is 5.98. The van der Waals surface area contributed by atoms with Crippen LogP contribution in [0.2, 0.25) is 0 Å². The number of nitrogens with one attached hydrogen (secondary N) is 1. The normalized spacial score (nSPS) is 16.2. The van der Waals surface area contributed by atoms with Gasteiger partial charge in [0.15, 0.2) is 0 Å². The summed E-state index contributed by atoms with van der Waals surface area (Å²) in [7, 11) is 0. The average Bonchev–Trinajstić information content (AvgIpc) is 2.89. The van der Waals surface area contributed by atoms with Crippen LogP contribution in [0.4, 0.5) is 0 Å². The highest BCUT2D eigenvalue weighted by Gasteiger charge is 2.18. The van der Waals surface area contributed by atoms with Gasteiger partial charge >= 0.3 is 0 Å². The SMILES string of the molecule is CC(C)c1ccncc1C(=O)NCC1CCCC1. The van der Waals surface area contributed by atoms with Gasteiger partial charge in [0, 0.05) is 18.9 Å². The topological polar surface area (TPSA) is 42.0 Å². The number of carbonyl (C=O) groups is 1. The smallest absolute Gasteiger partial charge is 0.253 e. The Hall–Kier alpha value is -1.38. The third-order valence-corrected chi connectivity index (χ3v) is 3.75. The summed E-state index contributed by atoms with van der Waals surface area (Å²) in [4.78, 5) is 16.2. The fourth-order valence-corrected chi connectivity index (χ4v) is 2.65. The second-order valence-corrected chi connectivity index (χ2v) is 5.48. The van der Waals surface area contributed by atoms with Crippen LogP contribution < -0.4 is 5.32 Å². The summed E-state index contributed by atoms with van der Waals surface area (Å²) >= 11 is 0. The number of rotatable bonds is 4. The van der Waals surface area contributed by atoms with Gasteiger partial charge < -0.3 is 5.32 Å². The van der Waals surface area contributed by atoms with E-state index >= 15 is 0 Å². The molecule has 98 valence electrons. The van der Waals surface area contributed by atoms with Crippen LogP contribution in [0.5, 0.6) is 0 Å². The molecule has 2 rings (SSSR count). The zero-order chi connectivity index (χ0) is 13.0. The maximum absolute atomic E-state index is 12.2. The van der Waals surface area contributed by atoms with E-state index < -0.39 is 0 Å². The molecule has 1 aromatic heterocycles. The highest BCUT2D eigenvalue weighted by atomic mass is 16.1. The quantitative estimate of drug-likeness (QED) is 0.887. The number of hydrogen-bond donors (Lipinski definition) is 1. The molecule has 1 saturated carbocycles. The highest BCUT2D eigenvalue weighted by molar-refractivity contribution is 5.95. The summed E-state index contributed by atoms with van der Waals surface area (Å²) in [5.74, 6) is 1.05. The zero-order valence-corrected chi connectivity index (χ0v) is 11.3. The first-order valence-corrected chi connectivity index (χ1v) is 6.90. The van der Waals surface area contributed by atoms with E-state index in [9.17, 15) is 4.79 Å². The van der Waals surface area contributed by atoms with Crippen LogP contribution in [0.3, 0.4) is 0 Å². The fraction of sp³-hybridized carbons (Fsp3) is 0.600. The van der Waals surface area contributed by atoms with Crippen molar-refractivity contribution in [2.24, 2.45) is 5.92 Å². The molecule has 0 atom stereocenters. The first-order chi connectivity index (χ1) is 8.68. The molecular formula is C15H22N2O. The van der Waals surface area contributed by atoms with E-state index in [-0.39, 0.29) is 5.91 Å². The maximum Gasteiger partial charge on any atom is 0.253 e. The van der Waals surface area contributed by atoms with E-state index in [0.717, 1.165) is 17.7 Å². The molecule has 1 N–H and O–H groups in total. The molecule has 1 aliphatic rings. The van der Waals surface area contributed by atoms with Gasteiger partial charge in [0.25, 0.3) is 5.91 Å². The van der Waals surface area contributed by atoms with Gasteiger partial charge in [-0.3, -0.25) is 9.78 Å². The van der Waals surface area contributed by atoms with Crippen LogP contribution in [0.1, 0.15) is 61.4 Å². The Balaban J connectivity index is 1.99. The van der Waals surface area contributed by atoms with Gasteiger partial charge in [0.05, 0.1) is 5.56 Å². The number of nitrogens with zero attached hydrogens (tertiary/aromatic N) is 1. The van der Waals surface area contributed by atoms with Crippen molar-refractivity contribution in [2.45, 2.75) is 45.4 Å². The lowest BCUT2D eigenvalue weighted by Gasteiger charge is -2.14. The van der Waals surface area contributed by atoms with E-state index in [1.165, 1.54) is 25.7 Å². The molecule has 1 aliphatic carbocycles. The third-order valence-electron chi connectivity index (χ3n) is 3.75. The number of pyridine rings is 1. The lowest BCUT2D eigenvalue weighted by atomic mass is 9.98. The summed E-state index contributed by atoms with van der Waals surface area (Å²) in [6.45, 7) is 5.01. The van der Waals surface area contributed by atoms with Crippen LogP contribution in [-0.2, 0) is 0 Å². The van der Waals surface area contributed by atoms with Crippen molar-refractivity contribution in [3.8, 4) is 0 Å².